The molecule has 0 aromatic carbocycles. The van der Waals surface area contributed by atoms with Gasteiger partial charge in [0.25, 0.3) is 0 Å². The summed E-state index contributed by atoms with van der Waals surface area (Å²) in [5.41, 5.74) is 5.49. The Labute approximate surface area is 144 Å². The first-order chi connectivity index (χ1) is 10.9. The maximum absolute atomic E-state index is 10.6. The molecule has 0 unspecified atom stereocenters. The van der Waals surface area contributed by atoms with E-state index >= 15 is 0 Å². The number of rotatable bonds is 2. The number of aromatic amines is 2. The quantitative estimate of drug-likeness (QED) is 0.734. The van der Waals surface area contributed by atoms with Crippen LogP contribution in [0.5, 0.6) is 0 Å². The van der Waals surface area contributed by atoms with Crippen LogP contribution in [-0.2, 0) is 17.4 Å². The van der Waals surface area contributed by atoms with Gasteiger partial charge in [0.2, 0.25) is 0 Å². The summed E-state index contributed by atoms with van der Waals surface area (Å²) in [6.07, 6.45) is 0.796. The Morgan fingerprint density at radius 2 is 1.38 bits per heavy atom. The minimum Gasteiger partial charge on any atom is -0.390 e. The molecule has 0 saturated heterocycles. The van der Waals surface area contributed by atoms with E-state index in [1.807, 2.05) is 13.8 Å². The molecule has 6 heteroatoms. The summed E-state index contributed by atoms with van der Waals surface area (Å²) < 4.78 is 0. The lowest BCUT2D eigenvalue weighted by Crippen LogP contribution is -2.14. The molecular formula is C18H30N4O2. The summed E-state index contributed by atoms with van der Waals surface area (Å²) in [7, 11) is 0. The summed E-state index contributed by atoms with van der Waals surface area (Å²) in [4.78, 5) is 10.6. The van der Waals surface area contributed by atoms with Gasteiger partial charge in [0.05, 0.1) is 12.3 Å². The number of nitrogens with one attached hydrogen (secondary N) is 2. The Bertz CT molecular complexity index is 685. The molecule has 2 aromatic heterocycles. The second-order valence-corrected chi connectivity index (χ2v) is 8.06. The van der Waals surface area contributed by atoms with Crippen molar-refractivity contribution in [2.24, 2.45) is 0 Å². The molecule has 0 bridgehead atoms. The van der Waals surface area contributed by atoms with Gasteiger partial charge in [0, 0.05) is 22.5 Å². The molecule has 0 radical (unpaired) electrons. The molecular weight excluding hydrogens is 304 g/mol. The molecule has 0 atom stereocenters. The van der Waals surface area contributed by atoms with Crippen molar-refractivity contribution in [2.75, 3.05) is 0 Å². The Morgan fingerprint density at radius 3 is 1.71 bits per heavy atom. The second kappa shape index (κ2) is 7.30. The largest absolute Gasteiger partial charge is 0.390 e. The molecule has 134 valence electrons. The van der Waals surface area contributed by atoms with Crippen molar-refractivity contribution in [1.29, 1.82) is 0 Å². The van der Waals surface area contributed by atoms with Crippen LogP contribution in [0.25, 0.3) is 0 Å². The molecule has 2 rings (SSSR count). The second-order valence-electron chi connectivity index (χ2n) is 8.06. The molecule has 0 spiro atoms. The number of H-pyrrole nitrogens is 2. The molecule has 24 heavy (non-hydrogen) atoms. The first kappa shape index (κ1) is 20.1. The molecule has 0 aliphatic rings. The zero-order chi connectivity index (χ0) is 18.7. The van der Waals surface area contributed by atoms with Crippen LogP contribution in [0, 0.1) is 13.8 Å². The number of carbonyl (C=O) groups is 1. The van der Waals surface area contributed by atoms with Gasteiger partial charge >= 0.3 is 0 Å². The number of carbonyl (C=O) groups excluding carboxylic acids is 1. The summed E-state index contributed by atoms with van der Waals surface area (Å²) in [5.74, 6) is 0. The SMILES string of the molecule is Cc1[nH]nc(C=O)c1C(C)(C)C.Cc1[nH]nc(CO)c1C(C)(C)C. The number of aliphatic hydroxyl groups is 1. The van der Waals surface area contributed by atoms with Crippen LogP contribution < -0.4 is 0 Å². The van der Waals surface area contributed by atoms with E-state index < -0.39 is 0 Å². The number of nitrogens with zero attached hydrogens (tertiary/aromatic N) is 2. The van der Waals surface area contributed by atoms with Crippen LogP contribution in [0.15, 0.2) is 0 Å². The van der Waals surface area contributed by atoms with E-state index in [2.05, 4.69) is 61.9 Å². The Balaban J connectivity index is 0.000000240. The van der Waals surface area contributed by atoms with Gasteiger partial charge in [-0.2, -0.15) is 10.2 Å². The maximum atomic E-state index is 10.6. The normalized spacial score (nSPS) is 11.9. The monoisotopic (exact) mass is 334 g/mol. The molecule has 2 aromatic rings. The number of aryl methyl sites for hydroxylation is 2. The average Bonchev–Trinajstić information content (AvgIpc) is 3.00. The fraction of sp³-hybridized carbons (Fsp3) is 0.611. The van der Waals surface area contributed by atoms with Crippen molar-refractivity contribution in [1.82, 2.24) is 20.4 Å². The predicted molar refractivity (Wildman–Crippen MR) is 95.4 cm³/mol. The number of hydrogen-bond donors (Lipinski definition) is 3. The average molecular weight is 334 g/mol. The van der Waals surface area contributed by atoms with E-state index in [4.69, 9.17) is 5.11 Å². The van der Waals surface area contributed by atoms with Gasteiger partial charge < -0.3 is 5.11 Å². The zero-order valence-electron chi connectivity index (χ0n) is 16.0. The Kier molecular flexibility index (Phi) is 6.11. The first-order valence-corrected chi connectivity index (χ1v) is 8.09. The lowest BCUT2D eigenvalue weighted by atomic mass is 9.85. The molecule has 0 aliphatic heterocycles. The third-order valence-corrected chi connectivity index (χ3v) is 3.76. The summed E-state index contributed by atoms with van der Waals surface area (Å²) in [6.45, 7) is 16.5. The summed E-state index contributed by atoms with van der Waals surface area (Å²) in [6, 6.07) is 0. The maximum Gasteiger partial charge on any atom is 0.170 e. The topological polar surface area (TPSA) is 94.7 Å². The van der Waals surface area contributed by atoms with Gasteiger partial charge in [-0.25, -0.2) is 0 Å². The predicted octanol–water partition coefficient (Wildman–Crippen LogP) is 3.34. The van der Waals surface area contributed by atoms with E-state index in [1.165, 1.54) is 0 Å². The van der Waals surface area contributed by atoms with Crippen LogP contribution in [0.3, 0.4) is 0 Å². The zero-order valence-corrected chi connectivity index (χ0v) is 16.0. The van der Waals surface area contributed by atoms with Crippen molar-refractivity contribution >= 4 is 6.29 Å². The fourth-order valence-electron chi connectivity index (χ4n) is 3.07. The Morgan fingerprint density at radius 1 is 0.917 bits per heavy atom. The number of hydrogen-bond acceptors (Lipinski definition) is 4. The lowest BCUT2D eigenvalue weighted by Gasteiger charge is -2.19. The van der Waals surface area contributed by atoms with Crippen LogP contribution >= 0.6 is 0 Å². The van der Waals surface area contributed by atoms with Gasteiger partial charge in [-0.1, -0.05) is 41.5 Å². The molecule has 0 aliphatic carbocycles. The van der Waals surface area contributed by atoms with Crippen molar-refractivity contribution in [2.45, 2.75) is 72.8 Å². The van der Waals surface area contributed by atoms with E-state index in [9.17, 15) is 4.79 Å². The van der Waals surface area contributed by atoms with Gasteiger partial charge in [0.1, 0.15) is 5.69 Å². The molecule has 0 fully saturated rings. The Hall–Kier alpha value is -1.95. The van der Waals surface area contributed by atoms with E-state index in [1.54, 1.807) is 0 Å². The summed E-state index contributed by atoms with van der Waals surface area (Å²) in [5, 5.41) is 22.6. The molecule has 6 nitrogen and oxygen atoms in total. The third kappa shape index (κ3) is 4.54. The van der Waals surface area contributed by atoms with E-state index in [0.29, 0.717) is 5.69 Å². The highest BCUT2D eigenvalue weighted by Gasteiger charge is 2.23. The third-order valence-electron chi connectivity index (χ3n) is 3.76. The highest BCUT2D eigenvalue weighted by molar-refractivity contribution is 5.75. The van der Waals surface area contributed by atoms with Crippen molar-refractivity contribution in [3.8, 4) is 0 Å². The van der Waals surface area contributed by atoms with Crippen LogP contribution in [0.2, 0.25) is 0 Å². The van der Waals surface area contributed by atoms with E-state index in [0.717, 1.165) is 34.5 Å². The highest BCUT2D eigenvalue weighted by atomic mass is 16.3. The molecule has 0 amide bonds. The molecule has 2 heterocycles. The number of aldehydes is 1. The van der Waals surface area contributed by atoms with Crippen molar-refractivity contribution in [3.63, 3.8) is 0 Å². The smallest absolute Gasteiger partial charge is 0.170 e. The van der Waals surface area contributed by atoms with Crippen LogP contribution in [-0.4, -0.2) is 31.8 Å². The van der Waals surface area contributed by atoms with Crippen LogP contribution in [0.4, 0.5) is 0 Å². The van der Waals surface area contributed by atoms with Gasteiger partial charge in [-0.3, -0.25) is 15.0 Å². The summed E-state index contributed by atoms with van der Waals surface area (Å²) >= 11 is 0. The number of aliphatic hydroxyl groups excluding tert-OH is 1. The standard InChI is InChI=1S/C9H16N2O.C9H14N2O/c2*1-6-8(9(2,3)4)7(5-12)11-10-6/h12H,5H2,1-4H3,(H,10,11);5H,1-4H3,(H,10,11). The fourth-order valence-corrected chi connectivity index (χ4v) is 3.07. The highest BCUT2D eigenvalue weighted by Crippen LogP contribution is 2.27. The minimum absolute atomic E-state index is 0.0109. The minimum atomic E-state index is -0.0205. The number of aromatic nitrogens is 4. The van der Waals surface area contributed by atoms with Crippen LogP contribution in [0.1, 0.15) is 80.2 Å². The molecule has 3 N–H and O–H groups in total. The molecule has 0 saturated carbocycles. The van der Waals surface area contributed by atoms with Gasteiger partial charge in [0.15, 0.2) is 6.29 Å². The van der Waals surface area contributed by atoms with Gasteiger partial charge in [-0.05, 0) is 24.7 Å². The van der Waals surface area contributed by atoms with Crippen molar-refractivity contribution in [3.05, 3.63) is 33.9 Å². The lowest BCUT2D eigenvalue weighted by molar-refractivity contribution is 0.111. The first-order valence-electron chi connectivity index (χ1n) is 8.09. The van der Waals surface area contributed by atoms with Crippen molar-refractivity contribution < 1.29 is 9.90 Å². The van der Waals surface area contributed by atoms with E-state index in [-0.39, 0.29) is 17.4 Å². The van der Waals surface area contributed by atoms with Gasteiger partial charge in [-0.15, -0.1) is 0 Å².